The second-order valence-electron chi connectivity index (χ2n) is 7.09. The summed E-state index contributed by atoms with van der Waals surface area (Å²) in [5, 5.41) is 3.06. The molecule has 1 aromatic rings. The summed E-state index contributed by atoms with van der Waals surface area (Å²) in [7, 11) is 1.62. The van der Waals surface area contributed by atoms with Crippen molar-refractivity contribution in [2.24, 2.45) is 0 Å². The van der Waals surface area contributed by atoms with E-state index in [0.29, 0.717) is 13.0 Å². The second kappa shape index (κ2) is 7.33. The third kappa shape index (κ3) is 3.72. The minimum Gasteiger partial charge on any atom is -0.497 e. The second-order valence-corrected chi connectivity index (χ2v) is 7.09. The molecule has 0 radical (unpaired) electrons. The maximum absolute atomic E-state index is 12.7. The molecule has 6 heteroatoms. The van der Waals surface area contributed by atoms with Gasteiger partial charge >= 0.3 is 6.03 Å². The number of carbonyl (C=O) groups is 2. The van der Waals surface area contributed by atoms with Crippen LogP contribution in [-0.4, -0.2) is 48.6 Å². The summed E-state index contributed by atoms with van der Waals surface area (Å²) in [6.45, 7) is 4.70. The van der Waals surface area contributed by atoms with Crippen LogP contribution in [0.1, 0.15) is 39.5 Å². The molecule has 3 atom stereocenters. The van der Waals surface area contributed by atoms with Gasteiger partial charge in [-0.1, -0.05) is 0 Å². The van der Waals surface area contributed by atoms with Gasteiger partial charge < -0.3 is 19.9 Å². The molecule has 1 aromatic carbocycles. The number of rotatable bonds is 3. The lowest BCUT2D eigenvalue weighted by molar-refractivity contribution is -0.117. The highest BCUT2D eigenvalue weighted by Gasteiger charge is 2.35. The molecule has 6 nitrogen and oxygen atoms in total. The van der Waals surface area contributed by atoms with Crippen molar-refractivity contribution in [3.05, 3.63) is 24.3 Å². The van der Waals surface area contributed by atoms with Crippen LogP contribution < -0.4 is 15.0 Å². The summed E-state index contributed by atoms with van der Waals surface area (Å²) in [5.41, 5.74) is 0.835. The number of nitrogens with zero attached hydrogens (tertiary/aromatic N) is 2. The fourth-order valence-corrected chi connectivity index (χ4v) is 3.89. The molecule has 2 aliphatic heterocycles. The zero-order valence-corrected chi connectivity index (χ0v) is 15.2. The highest BCUT2D eigenvalue weighted by atomic mass is 16.5. The lowest BCUT2D eigenvalue weighted by Gasteiger charge is -2.39. The Morgan fingerprint density at radius 3 is 2.40 bits per heavy atom. The third-order valence-corrected chi connectivity index (χ3v) is 5.26. The SMILES string of the molecule is COc1ccc(N2CC(NC(=O)N3C(C)CCCC3C)CC2=O)cc1. The van der Waals surface area contributed by atoms with Gasteiger partial charge in [0.05, 0.1) is 13.2 Å². The van der Waals surface area contributed by atoms with E-state index in [1.165, 1.54) is 6.42 Å². The van der Waals surface area contributed by atoms with Gasteiger partial charge in [-0.05, 0) is 57.4 Å². The number of ether oxygens (including phenoxy) is 1. The Morgan fingerprint density at radius 2 is 1.80 bits per heavy atom. The van der Waals surface area contributed by atoms with Gasteiger partial charge in [0, 0.05) is 30.7 Å². The van der Waals surface area contributed by atoms with Crippen LogP contribution in [0.2, 0.25) is 0 Å². The third-order valence-electron chi connectivity index (χ3n) is 5.26. The molecule has 1 N–H and O–H groups in total. The monoisotopic (exact) mass is 345 g/mol. The fraction of sp³-hybridized carbons (Fsp3) is 0.579. The van der Waals surface area contributed by atoms with Crippen LogP contribution >= 0.6 is 0 Å². The standard InChI is InChI=1S/C19H27N3O3/c1-13-5-4-6-14(2)22(13)19(24)20-15-11-18(23)21(12-15)16-7-9-17(25-3)10-8-16/h7-10,13-15H,4-6,11-12H2,1-3H3,(H,20,24). The first-order valence-corrected chi connectivity index (χ1v) is 9.03. The molecule has 2 aliphatic rings. The highest BCUT2D eigenvalue weighted by molar-refractivity contribution is 5.96. The average Bonchev–Trinajstić information content (AvgIpc) is 2.95. The van der Waals surface area contributed by atoms with Crippen molar-refractivity contribution in [3.8, 4) is 5.75 Å². The largest absolute Gasteiger partial charge is 0.497 e. The molecule has 3 unspecified atom stereocenters. The van der Waals surface area contributed by atoms with Gasteiger partial charge in [-0.3, -0.25) is 4.79 Å². The van der Waals surface area contributed by atoms with Gasteiger partial charge in [0.2, 0.25) is 5.91 Å². The minimum absolute atomic E-state index is 0.0372. The summed E-state index contributed by atoms with van der Waals surface area (Å²) in [4.78, 5) is 28.7. The van der Waals surface area contributed by atoms with Crippen molar-refractivity contribution in [2.45, 2.75) is 57.7 Å². The van der Waals surface area contributed by atoms with E-state index in [-0.39, 0.29) is 30.1 Å². The van der Waals surface area contributed by atoms with E-state index in [0.717, 1.165) is 24.3 Å². The summed E-state index contributed by atoms with van der Waals surface area (Å²) < 4.78 is 5.15. The maximum atomic E-state index is 12.7. The number of urea groups is 1. The molecule has 136 valence electrons. The van der Waals surface area contributed by atoms with Crippen molar-refractivity contribution >= 4 is 17.6 Å². The molecule has 0 bridgehead atoms. The van der Waals surface area contributed by atoms with Crippen molar-refractivity contribution in [2.75, 3.05) is 18.6 Å². The van der Waals surface area contributed by atoms with Gasteiger partial charge in [-0.2, -0.15) is 0 Å². The molecular formula is C19H27N3O3. The Kier molecular flexibility index (Phi) is 5.16. The summed E-state index contributed by atoms with van der Waals surface area (Å²) in [5.74, 6) is 0.795. The molecular weight excluding hydrogens is 318 g/mol. The number of hydrogen-bond donors (Lipinski definition) is 1. The van der Waals surface area contributed by atoms with Gasteiger partial charge in [0.1, 0.15) is 5.75 Å². The van der Waals surface area contributed by atoms with Crippen molar-refractivity contribution in [3.63, 3.8) is 0 Å². The normalized spacial score (nSPS) is 26.7. The first-order valence-electron chi connectivity index (χ1n) is 9.03. The van der Waals surface area contributed by atoms with E-state index < -0.39 is 0 Å². The smallest absolute Gasteiger partial charge is 0.318 e. The summed E-state index contributed by atoms with van der Waals surface area (Å²) >= 11 is 0. The van der Waals surface area contributed by atoms with Crippen LogP contribution in [0.15, 0.2) is 24.3 Å². The van der Waals surface area contributed by atoms with Crippen molar-refractivity contribution < 1.29 is 14.3 Å². The molecule has 0 aromatic heterocycles. The Labute approximate surface area is 149 Å². The molecule has 2 fully saturated rings. The zero-order chi connectivity index (χ0) is 18.0. The van der Waals surface area contributed by atoms with Gasteiger partial charge in [-0.25, -0.2) is 4.79 Å². The lowest BCUT2D eigenvalue weighted by atomic mass is 9.98. The molecule has 0 spiro atoms. The molecule has 3 rings (SSSR count). The number of piperidine rings is 1. The number of likely N-dealkylation sites (tertiary alicyclic amines) is 1. The Balaban J connectivity index is 1.63. The molecule has 3 amide bonds. The van der Waals surface area contributed by atoms with Crippen LogP contribution in [0.3, 0.4) is 0 Å². The fourth-order valence-electron chi connectivity index (χ4n) is 3.89. The molecule has 0 aliphatic carbocycles. The Bertz CT molecular complexity index is 621. The molecule has 2 saturated heterocycles. The van der Waals surface area contributed by atoms with Gasteiger partial charge in [-0.15, -0.1) is 0 Å². The summed E-state index contributed by atoms with van der Waals surface area (Å²) in [6.07, 6.45) is 3.59. The number of methoxy groups -OCH3 is 1. The first kappa shape index (κ1) is 17.6. The number of hydrogen-bond acceptors (Lipinski definition) is 3. The van der Waals surface area contributed by atoms with E-state index >= 15 is 0 Å². The Morgan fingerprint density at radius 1 is 1.16 bits per heavy atom. The van der Waals surface area contributed by atoms with Gasteiger partial charge in [0.25, 0.3) is 0 Å². The predicted octanol–water partition coefficient (Wildman–Crippen LogP) is 2.77. The van der Waals surface area contributed by atoms with Crippen LogP contribution in [0.5, 0.6) is 5.75 Å². The number of anilines is 1. The number of carbonyl (C=O) groups excluding carboxylic acids is 2. The number of benzene rings is 1. The van der Waals surface area contributed by atoms with Gasteiger partial charge in [0.15, 0.2) is 0 Å². The Hall–Kier alpha value is -2.24. The van der Waals surface area contributed by atoms with E-state index in [4.69, 9.17) is 4.74 Å². The van der Waals surface area contributed by atoms with E-state index in [1.807, 2.05) is 29.2 Å². The quantitative estimate of drug-likeness (QED) is 0.916. The number of amides is 3. The summed E-state index contributed by atoms with van der Waals surface area (Å²) in [6, 6.07) is 7.72. The van der Waals surface area contributed by atoms with Crippen LogP contribution in [0, 0.1) is 0 Å². The first-order chi connectivity index (χ1) is 12.0. The van der Waals surface area contributed by atoms with Crippen LogP contribution in [0.25, 0.3) is 0 Å². The van der Waals surface area contributed by atoms with E-state index in [1.54, 1.807) is 12.0 Å². The highest BCUT2D eigenvalue weighted by Crippen LogP contribution is 2.26. The van der Waals surface area contributed by atoms with E-state index in [2.05, 4.69) is 19.2 Å². The zero-order valence-electron chi connectivity index (χ0n) is 15.2. The van der Waals surface area contributed by atoms with Crippen LogP contribution in [0.4, 0.5) is 10.5 Å². The molecule has 25 heavy (non-hydrogen) atoms. The van der Waals surface area contributed by atoms with E-state index in [9.17, 15) is 9.59 Å². The average molecular weight is 345 g/mol. The van der Waals surface area contributed by atoms with Crippen molar-refractivity contribution in [1.82, 2.24) is 10.2 Å². The topological polar surface area (TPSA) is 61.9 Å². The molecule has 0 saturated carbocycles. The molecule has 2 heterocycles. The lowest BCUT2D eigenvalue weighted by Crippen LogP contribution is -2.54. The van der Waals surface area contributed by atoms with Crippen molar-refractivity contribution in [1.29, 1.82) is 0 Å². The maximum Gasteiger partial charge on any atom is 0.318 e. The number of nitrogens with one attached hydrogen (secondary N) is 1. The van der Waals surface area contributed by atoms with Crippen LogP contribution in [-0.2, 0) is 4.79 Å². The predicted molar refractivity (Wildman–Crippen MR) is 96.9 cm³/mol. The minimum atomic E-state index is -0.150.